The normalized spacial score (nSPS) is 19.4. The number of fused-ring (bicyclic) bond motifs is 1. The Balaban J connectivity index is 1.32. The molecule has 2 aliphatic heterocycles. The van der Waals surface area contributed by atoms with Crippen LogP contribution in [-0.2, 0) is 19.6 Å². The van der Waals surface area contributed by atoms with E-state index < -0.39 is 6.09 Å². The highest BCUT2D eigenvalue weighted by atomic mass is 16.5. The van der Waals surface area contributed by atoms with Gasteiger partial charge < -0.3 is 19.2 Å². The molecule has 7 nitrogen and oxygen atoms in total. The van der Waals surface area contributed by atoms with Gasteiger partial charge in [0.15, 0.2) is 0 Å². The maximum absolute atomic E-state index is 12.4. The van der Waals surface area contributed by atoms with Crippen molar-refractivity contribution in [2.24, 2.45) is 5.92 Å². The molecule has 1 atom stereocenters. The minimum atomic E-state index is -0.905. The Hall–Kier alpha value is -2.80. The van der Waals surface area contributed by atoms with Crippen LogP contribution in [0, 0.1) is 5.92 Å². The molecule has 0 bridgehead atoms. The fourth-order valence-electron chi connectivity index (χ4n) is 3.95. The molecule has 1 unspecified atom stereocenters. The smallest absolute Gasteiger partial charge is 0.407 e. The van der Waals surface area contributed by atoms with E-state index in [4.69, 9.17) is 14.3 Å². The minimum absolute atomic E-state index is 0.0898. The second kappa shape index (κ2) is 8.06. The van der Waals surface area contributed by atoms with Crippen molar-refractivity contribution in [1.29, 1.82) is 0 Å². The van der Waals surface area contributed by atoms with E-state index in [0.29, 0.717) is 32.0 Å². The van der Waals surface area contributed by atoms with Gasteiger partial charge in [0.1, 0.15) is 12.0 Å². The molecule has 0 spiro atoms. The van der Waals surface area contributed by atoms with Gasteiger partial charge >= 0.3 is 6.09 Å². The molecule has 1 aromatic carbocycles. The molecule has 1 amide bonds. The quantitative estimate of drug-likeness (QED) is 0.853. The van der Waals surface area contributed by atoms with Crippen molar-refractivity contribution in [2.75, 3.05) is 19.7 Å². The van der Waals surface area contributed by atoms with E-state index in [0.717, 1.165) is 25.9 Å². The van der Waals surface area contributed by atoms with Gasteiger partial charge in [-0.05, 0) is 24.0 Å². The van der Waals surface area contributed by atoms with Crippen molar-refractivity contribution in [3.8, 4) is 5.75 Å². The number of hydrogen-bond donors (Lipinski definition) is 1. The van der Waals surface area contributed by atoms with Gasteiger partial charge in [0.2, 0.25) is 11.2 Å². The average molecular weight is 384 g/mol. The molecule has 7 heteroatoms. The molecule has 2 aliphatic rings. The van der Waals surface area contributed by atoms with Crippen molar-refractivity contribution >= 4 is 6.09 Å². The van der Waals surface area contributed by atoms with Gasteiger partial charge in [0.25, 0.3) is 0 Å². The van der Waals surface area contributed by atoms with E-state index in [9.17, 15) is 9.59 Å². The molecule has 2 aromatic rings. The van der Waals surface area contributed by atoms with E-state index in [1.54, 1.807) is 0 Å². The van der Waals surface area contributed by atoms with Crippen LogP contribution in [0.5, 0.6) is 5.75 Å². The molecule has 3 heterocycles. The molecular formula is C21H24N2O5. The number of amides is 1. The highest BCUT2D eigenvalue weighted by molar-refractivity contribution is 5.65. The van der Waals surface area contributed by atoms with E-state index in [-0.39, 0.29) is 17.1 Å². The van der Waals surface area contributed by atoms with Crippen LogP contribution in [0.3, 0.4) is 0 Å². The number of nitrogens with zero attached hydrogens (tertiary/aromatic N) is 2. The fraction of sp³-hybridized carbons (Fsp3) is 0.429. The standard InChI is InChI=1S/C21H24N2O5/c24-19-8-18(12-22-10-16-5-1-2-6-17(16)11-22)27-14-20(19)28-13-15-4-3-7-23(9-15)21(25)26/h1-2,5-6,8,14-15H,3-4,7,9-13H2,(H,25,26). The van der Waals surface area contributed by atoms with Gasteiger partial charge in [-0.1, -0.05) is 24.3 Å². The first-order valence-corrected chi connectivity index (χ1v) is 9.60. The maximum atomic E-state index is 12.4. The first kappa shape index (κ1) is 18.6. The predicted octanol–water partition coefficient (Wildman–Crippen LogP) is 2.92. The molecule has 148 valence electrons. The zero-order valence-electron chi connectivity index (χ0n) is 15.7. The third kappa shape index (κ3) is 4.20. The predicted molar refractivity (Wildman–Crippen MR) is 102 cm³/mol. The summed E-state index contributed by atoms with van der Waals surface area (Å²) in [6, 6.07) is 9.81. The number of carboxylic acid groups (broad SMARTS) is 1. The monoisotopic (exact) mass is 384 g/mol. The molecule has 0 aliphatic carbocycles. The summed E-state index contributed by atoms with van der Waals surface area (Å²) in [5.74, 6) is 0.882. The number of ether oxygens (including phenoxy) is 1. The Morgan fingerprint density at radius 3 is 2.68 bits per heavy atom. The Bertz CT molecular complexity index is 885. The fourth-order valence-corrected chi connectivity index (χ4v) is 3.95. The lowest BCUT2D eigenvalue weighted by molar-refractivity contribution is 0.104. The van der Waals surface area contributed by atoms with Crippen LogP contribution in [0.2, 0.25) is 0 Å². The van der Waals surface area contributed by atoms with Crippen molar-refractivity contribution in [1.82, 2.24) is 9.80 Å². The van der Waals surface area contributed by atoms with Crippen LogP contribution in [-0.4, -0.2) is 40.7 Å². The first-order chi connectivity index (χ1) is 13.6. The van der Waals surface area contributed by atoms with Crippen molar-refractivity contribution in [3.63, 3.8) is 0 Å². The minimum Gasteiger partial charge on any atom is -0.486 e. The van der Waals surface area contributed by atoms with Crippen LogP contribution in [0.15, 0.2) is 45.8 Å². The van der Waals surface area contributed by atoms with E-state index in [2.05, 4.69) is 17.0 Å². The summed E-state index contributed by atoms with van der Waals surface area (Å²) >= 11 is 0. The molecule has 4 rings (SSSR count). The first-order valence-electron chi connectivity index (χ1n) is 9.60. The van der Waals surface area contributed by atoms with Crippen LogP contribution in [0.4, 0.5) is 4.79 Å². The molecule has 1 N–H and O–H groups in total. The van der Waals surface area contributed by atoms with E-state index in [1.807, 2.05) is 12.1 Å². The molecular weight excluding hydrogens is 360 g/mol. The van der Waals surface area contributed by atoms with Gasteiger partial charge in [-0.3, -0.25) is 9.69 Å². The van der Waals surface area contributed by atoms with Gasteiger partial charge in [-0.15, -0.1) is 0 Å². The summed E-state index contributed by atoms with van der Waals surface area (Å²) in [6.45, 7) is 3.58. The third-order valence-corrected chi connectivity index (χ3v) is 5.40. The average Bonchev–Trinajstić information content (AvgIpc) is 3.10. The summed E-state index contributed by atoms with van der Waals surface area (Å²) in [6.07, 6.45) is 2.17. The molecule has 1 saturated heterocycles. The van der Waals surface area contributed by atoms with E-state index in [1.165, 1.54) is 28.4 Å². The van der Waals surface area contributed by atoms with Crippen LogP contribution in [0.25, 0.3) is 0 Å². The maximum Gasteiger partial charge on any atom is 0.407 e. The number of likely N-dealkylation sites (tertiary alicyclic amines) is 1. The summed E-state index contributed by atoms with van der Waals surface area (Å²) < 4.78 is 11.3. The topological polar surface area (TPSA) is 83.2 Å². The SMILES string of the molecule is O=C(O)N1CCCC(COc2coc(CN3Cc4ccccc4C3)cc2=O)C1. The highest BCUT2D eigenvalue weighted by Gasteiger charge is 2.24. The van der Waals surface area contributed by atoms with Crippen molar-refractivity contribution in [2.45, 2.75) is 32.5 Å². The molecule has 1 aromatic heterocycles. The Morgan fingerprint density at radius 1 is 1.25 bits per heavy atom. The Morgan fingerprint density at radius 2 is 2.00 bits per heavy atom. The number of rotatable bonds is 5. The zero-order valence-corrected chi connectivity index (χ0v) is 15.7. The van der Waals surface area contributed by atoms with Gasteiger partial charge in [-0.2, -0.15) is 0 Å². The molecule has 0 radical (unpaired) electrons. The summed E-state index contributed by atoms with van der Waals surface area (Å²) in [5, 5.41) is 9.11. The number of hydrogen-bond acceptors (Lipinski definition) is 5. The lowest BCUT2D eigenvalue weighted by Gasteiger charge is -2.30. The van der Waals surface area contributed by atoms with Crippen LogP contribution >= 0.6 is 0 Å². The van der Waals surface area contributed by atoms with Gasteiger partial charge in [-0.25, -0.2) is 4.79 Å². The Kier molecular flexibility index (Phi) is 5.34. The molecule has 0 saturated carbocycles. The van der Waals surface area contributed by atoms with Crippen LogP contribution < -0.4 is 10.2 Å². The van der Waals surface area contributed by atoms with Crippen molar-refractivity contribution < 1.29 is 19.1 Å². The summed E-state index contributed by atoms with van der Waals surface area (Å²) in [4.78, 5) is 27.1. The summed E-state index contributed by atoms with van der Waals surface area (Å²) in [7, 11) is 0. The summed E-state index contributed by atoms with van der Waals surface area (Å²) in [5.41, 5.74) is 2.42. The molecule has 1 fully saturated rings. The molecule has 28 heavy (non-hydrogen) atoms. The number of piperidine rings is 1. The zero-order chi connectivity index (χ0) is 19.5. The lowest BCUT2D eigenvalue weighted by Crippen LogP contribution is -2.40. The van der Waals surface area contributed by atoms with E-state index >= 15 is 0 Å². The van der Waals surface area contributed by atoms with Crippen LogP contribution in [0.1, 0.15) is 29.7 Å². The van der Waals surface area contributed by atoms with Gasteiger partial charge in [0, 0.05) is 38.2 Å². The largest absolute Gasteiger partial charge is 0.486 e. The second-order valence-electron chi connectivity index (χ2n) is 7.54. The third-order valence-electron chi connectivity index (χ3n) is 5.40. The van der Waals surface area contributed by atoms with Crippen molar-refractivity contribution in [3.05, 3.63) is 63.7 Å². The highest BCUT2D eigenvalue weighted by Crippen LogP contribution is 2.24. The number of carbonyl (C=O) groups is 1. The number of benzene rings is 1. The lowest BCUT2D eigenvalue weighted by atomic mass is 9.99. The Labute approximate surface area is 163 Å². The van der Waals surface area contributed by atoms with Gasteiger partial charge in [0.05, 0.1) is 13.2 Å². The second-order valence-corrected chi connectivity index (χ2v) is 7.54.